The molecule has 7 nitrogen and oxygen atoms in total. The quantitative estimate of drug-likeness (QED) is 0.489. The average Bonchev–Trinajstić information content (AvgIpc) is 2.82. The van der Waals surface area contributed by atoms with E-state index in [0.717, 1.165) is 4.47 Å². The maximum atomic E-state index is 12.1. The second-order valence-electron chi connectivity index (χ2n) is 5.80. The lowest BCUT2D eigenvalue weighted by molar-refractivity contribution is -0.138. The Kier molecular flexibility index (Phi) is 6.71. The number of nitrogens with zero attached hydrogens (tertiary/aromatic N) is 1. The number of carbonyl (C=O) groups is 3. The number of amides is 3. The first-order valence-corrected chi connectivity index (χ1v) is 10.4. The number of imide groups is 1. The molecule has 1 fully saturated rings. The van der Waals surface area contributed by atoms with Gasteiger partial charge in [0.1, 0.15) is 5.75 Å². The van der Waals surface area contributed by atoms with Crippen molar-refractivity contribution in [2.45, 2.75) is 25.0 Å². The number of sulfone groups is 1. The summed E-state index contributed by atoms with van der Waals surface area (Å²) in [5.41, 5.74) is 0.605. The van der Waals surface area contributed by atoms with E-state index < -0.39 is 21.5 Å². The number of hydrogen-bond donors (Lipinski definition) is 1. The second kappa shape index (κ2) is 8.57. The van der Waals surface area contributed by atoms with Gasteiger partial charge in [0.05, 0.1) is 5.75 Å². The molecule has 0 spiro atoms. The molecule has 1 aromatic rings. The van der Waals surface area contributed by atoms with Gasteiger partial charge in [0.25, 0.3) is 0 Å². The Morgan fingerprint density at radius 2 is 1.88 bits per heavy atom. The molecule has 3 amide bonds. The van der Waals surface area contributed by atoms with Crippen molar-refractivity contribution in [1.82, 2.24) is 10.2 Å². The molecule has 1 aliphatic heterocycles. The lowest BCUT2D eigenvalue weighted by Crippen LogP contribution is -2.35. The molecule has 1 N–H and O–H groups in total. The van der Waals surface area contributed by atoms with Crippen LogP contribution in [0.2, 0.25) is 0 Å². The number of hydrogen-bond acceptors (Lipinski definition) is 5. The molecule has 0 atom stereocenters. The predicted molar refractivity (Wildman–Crippen MR) is 95.2 cm³/mol. The number of carbonyl (C=O) groups excluding carboxylic acids is 3. The molecule has 1 heterocycles. The first-order valence-electron chi connectivity index (χ1n) is 7.81. The third-order valence-electron chi connectivity index (χ3n) is 3.66. The van der Waals surface area contributed by atoms with E-state index in [2.05, 4.69) is 21.2 Å². The maximum Gasteiger partial charge on any atom is 0.235 e. The standard InChI is InChI=1S/C16H19BrN2O5S/c17-13-4-1-3-12(9-13)10-25(23,24)11-14(20)18-7-2-8-19-15(21)5-6-16(19)22/h1,3-4,9H,2,5-8,10-11H2,(H,18,20). The number of benzene rings is 1. The molecule has 136 valence electrons. The average molecular weight is 431 g/mol. The Morgan fingerprint density at radius 1 is 1.20 bits per heavy atom. The lowest BCUT2D eigenvalue weighted by Gasteiger charge is -2.13. The van der Waals surface area contributed by atoms with Crippen LogP contribution in [-0.2, 0) is 30.0 Å². The van der Waals surface area contributed by atoms with Crippen molar-refractivity contribution in [3.63, 3.8) is 0 Å². The molecule has 2 rings (SSSR count). The van der Waals surface area contributed by atoms with Crippen molar-refractivity contribution in [3.05, 3.63) is 34.3 Å². The van der Waals surface area contributed by atoms with Gasteiger partial charge >= 0.3 is 0 Å². The third-order valence-corrected chi connectivity index (χ3v) is 5.63. The van der Waals surface area contributed by atoms with Crippen molar-refractivity contribution >= 4 is 43.5 Å². The van der Waals surface area contributed by atoms with E-state index >= 15 is 0 Å². The second-order valence-corrected chi connectivity index (χ2v) is 8.78. The monoisotopic (exact) mass is 430 g/mol. The molecule has 0 saturated carbocycles. The van der Waals surface area contributed by atoms with E-state index in [9.17, 15) is 22.8 Å². The summed E-state index contributed by atoms with van der Waals surface area (Å²) in [6.45, 7) is 0.449. The highest BCUT2D eigenvalue weighted by atomic mass is 79.9. The fourth-order valence-corrected chi connectivity index (χ4v) is 4.26. The molecular formula is C16H19BrN2O5S. The Morgan fingerprint density at radius 3 is 2.52 bits per heavy atom. The molecule has 1 aromatic carbocycles. The molecule has 1 saturated heterocycles. The molecule has 25 heavy (non-hydrogen) atoms. The molecule has 0 aromatic heterocycles. The highest BCUT2D eigenvalue weighted by Crippen LogP contribution is 2.14. The normalized spacial score (nSPS) is 14.8. The molecule has 1 aliphatic rings. The van der Waals surface area contributed by atoms with E-state index in [4.69, 9.17) is 0 Å². The van der Waals surface area contributed by atoms with E-state index in [1.165, 1.54) is 4.90 Å². The first kappa shape index (κ1) is 19.6. The van der Waals surface area contributed by atoms with Gasteiger partial charge in [-0.25, -0.2) is 8.42 Å². The first-order chi connectivity index (χ1) is 11.8. The fraction of sp³-hybridized carbons (Fsp3) is 0.438. The van der Waals surface area contributed by atoms with Crippen molar-refractivity contribution in [1.29, 1.82) is 0 Å². The van der Waals surface area contributed by atoms with Gasteiger partial charge in [-0.15, -0.1) is 0 Å². The summed E-state index contributed by atoms with van der Waals surface area (Å²) in [5.74, 6) is -1.80. The van der Waals surface area contributed by atoms with Crippen molar-refractivity contribution in [2.75, 3.05) is 18.8 Å². The highest BCUT2D eigenvalue weighted by Gasteiger charge is 2.28. The summed E-state index contributed by atoms with van der Waals surface area (Å²) in [6, 6.07) is 6.90. The zero-order chi connectivity index (χ0) is 18.4. The third kappa shape index (κ3) is 6.24. The summed E-state index contributed by atoms with van der Waals surface area (Å²) in [7, 11) is -3.57. The van der Waals surface area contributed by atoms with Gasteiger partial charge < -0.3 is 5.32 Å². The van der Waals surface area contributed by atoms with Gasteiger partial charge in [-0.2, -0.15) is 0 Å². The van der Waals surface area contributed by atoms with Gasteiger partial charge in [0.2, 0.25) is 17.7 Å². The van der Waals surface area contributed by atoms with Gasteiger partial charge in [-0.1, -0.05) is 28.1 Å². The fourth-order valence-electron chi connectivity index (χ4n) is 2.52. The Hall–Kier alpha value is -1.74. The number of halogens is 1. The van der Waals surface area contributed by atoms with Crippen LogP contribution in [0, 0.1) is 0 Å². The smallest absolute Gasteiger partial charge is 0.235 e. The van der Waals surface area contributed by atoms with Gasteiger partial charge in [0.15, 0.2) is 9.84 Å². The summed E-state index contributed by atoms with van der Waals surface area (Å²) >= 11 is 3.27. The van der Waals surface area contributed by atoms with E-state index in [1.807, 2.05) is 0 Å². The van der Waals surface area contributed by atoms with Crippen molar-refractivity contribution < 1.29 is 22.8 Å². The topological polar surface area (TPSA) is 101 Å². The minimum atomic E-state index is -3.57. The summed E-state index contributed by atoms with van der Waals surface area (Å²) < 4.78 is 24.9. The largest absolute Gasteiger partial charge is 0.355 e. The van der Waals surface area contributed by atoms with Crippen LogP contribution in [0.25, 0.3) is 0 Å². The Labute approximate surface area is 154 Å². The zero-order valence-electron chi connectivity index (χ0n) is 13.5. The highest BCUT2D eigenvalue weighted by molar-refractivity contribution is 9.10. The molecule has 9 heteroatoms. The summed E-state index contributed by atoms with van der Waals surface area (Å²) in [4.78, 5) is 35.8. The van der Waals surface area contributed by atoms with E-state index in [0.29, 0.717) is 12.0 Å². The van der Waals surface area contributed by atoms with Crippen LogP contribution < -0.4 is 5.32 Å². The van der Waals surface area contributed by atoms with Crippen LogP contribution in [-0.4, -0.2) is 49.9 Å². The lowest BCUT2D eigenvalue weighted by atomic mass is 10.2. The van der Waals surface area contributed by atoms with Gasteiger partial charge in [0, 0.05) is 30.4 Å². The minimum Gasteiger partial charge on any atom is -0.355 e. The van der Waals surface area contributed by atoms with Crippen molar-refractivity contribution in [3.8, 4) is 0 Å². The number of nitrogens with one attached hydrogen (secondary N) is 1. The van der Waals surface area contributed by atoms with Crippen LogP contribution in [0.4, 0.5) is 0 Å². The number of likely N-dealkylation sites (tertiary alicyclic amines) is 1. The Balaban J connectivity index is 1.73. The van der Waals surface area contributed by atoms with Crippen LogP contribution in [0.3, 0.4) is 0 Å². The molecular weight excluding hydrogens is 412 g/mol. The molecule has 0 aliphatic carbocycles. The van der Waals surface area contributed by atoms with E-state index in [-0.39, 0.29) is 43.5 Å². The van der Waals surface area contributed by atoms with E-state index in [1.54, 1.807) is 24.3 Å². The van der Waals surface area contributed by atoms with Crippen LogP contribution >= 0.6 is 15.9 Å². The van der Waals surface area contributed by atoms with Crippen LogP contribution in [0.15, 0.2) is 28.7 Å². The Bertz CT molecular complexity index is 762. The predicted octanol–water partition coefficient (Wildman–Crippen LogP) is 1.02. The number of rotatable bonds is 8. The molecule has 0 radical (unpaired) electrons. The zero-order valence-corrected chi connectivity index (χ0v) is 15.9. The maximum absolute atomic E-state index is 12.1. The van der Waals surface area contributed by atoms with Crippen LogP contribution in [0.5, 0.6) is 0 Å². The summed E-state index contributed by atoms with van der Waals surface area (Å²) in [6.07, 6.45) is 0.868. The summed E-state index contributed by atoms with van der Waals surface area (Å²) in [5, 5.41) is 2.51. The van der Waals surface area contributed by atoms with Gasteiger partial charge in [-0.3, -0.25) is 19.3 Å². The van der Waals surface area contributed by atoms with Crippen LogP contribution in [0.1, 0.15) is 24.8 Å². The minimum absolute atomic E-state index is 0.201. The van der Waals surface area contributed by atoms with Crippen molar-refractivity contribution in [2.24, 2.45) is 0 Å². The molecule has 0 bridgehead atoms. The SMILES string of the molecule is O=C(CS(=O)(=O)Cc1cccc(Br)c1)NCCCN1C(=O)CCC1=O. The van der Waals surface area contributed by atoms with Gasteiger partial charge in [-0.05, 0) is 24.1 Å². The molecule has 0 unspecified atom stereocenters.